The topological polar surface area (TPSA) is 36.1 Å². The molecule has 3 nitrogen and oxygen atoms in total. The molecular weight excluding hydrogens is 260 g/mol. The number of nitrogens with one attached hydrogen (secondary N) is 1. The highest BCUT2D eigenvalue weighted by Gasteiger charge is 2.16. The number of aryl methyl sites for hydroxylation is 3. The van der Waals surface area contributed by atoms with Gasteiger partial charge in [0, 0.05) is 23.2 Å². The summed E-state index contributed by atoms with van der Waals surface area (Å²) in [5, 5.41) is 0.859. The minimum atomic E-state index is 0.212. The fourth-order valence-corrected chi connectivity index (χ4v) is 3.50. The molecule has 3 heteroatoms. The molecule has 1 N–H and O–H groups in total. The SMILES string of the molecule is Cc1cc(C)c2c(=O)c(CN3CCCCC3)c(C)[nH]c2c1. The zero-order valence-corrected chi connectivity index (χ0v) is 13.3. The van der Waals surface area contributed by atoms with Gasteiger partial charge < -0.3 is 4.98 Å². The molecule has 1 fully saturated rings. The van der Waals surface area contributed by atoms with Crippen molar-refractivity contribution in [2.45, 2.75) is 46.6 Å². The summed E-state index contributed by atoms with van der Waals surface area (Å²) in [5.41, 5.74) is 5.41. The van der Waals surface area contributed by atoms with Crippen LogP contribution in [-0.2, 0) is 6.54 Å². The number of piperidine rings is 1. The van der Waals surface area contributed by atoms with Gasteiger partial charge in [-0.3, -0.25) is 9.69 Å². The number of fused-ring (bicyclic) bond motifs is 1. The Kier molecular flexibility index (Phi) is 3.85. The van der Waals surface area contributed by atoms with Gasteiger partial charge in [-0.25, -0.2) is 0 Å². The Morgan fingerprint density at radius 2 is 1.81 bits per heavy atom. The summed E-state index contributed by atoms with van der Waals surface area (Å²) >= 11 is 0. The third-order valence-corrected chi connectivity index (χ3v) is 4.59. The van der Waals surface area contributed by atoms with E-state index in [0.717, 1.165) is 47.4 Å². The highest BCUT2D eigenvalue weighted by atomic mass is 16.1. The van der Waals surface area contributed by atoms with E-state index in [9.17, 15) is 4.79 Å². The van der Waals surface area contributed by atoms with E-state index in [2.05, 4.69) is 28.9 Å². The van der Waals surface area contributed by atoms with Crippen LogP contribution in [0.15, 0.2) is 16.9 Å². The maximum absolute atomic E-state index is 12.9. The highest BCUT2D eigenvalue weighted by molar-refractivity contribution is 5.83. The number of benzene rings is 1. The quantitative estimate of drug-likeness (QED) is 0.917. The Morgan fingerprint density at radius 1 is 1.10 bits per heavy atom. The van der Waals surface area contributed by atoms with E-state index < -0.39 is 0 Å². The third-order valence-electron chi connectivity index (χ3n) is 4.59. The maximum Gasteiger partial charge on any atom is 0.194 e. The van der Waals surface area contributed by atoms with Crippen LogP contribution in [0.1, 0.15) is 41.6 Å². The largest absolute Gasteiger partial charge is 0.358 e. The maximum atomic E-state index is 12.9. The molecule has 0 saturated carbocycles. The molecule has 1 saturated heterocycles. The van der Waals surface area contributed by atoms with E-state index in [-0.39, 0.29) is 5.43 Å². The second-order valence-corrected chi connectivity index (χ2v) is 6.40. The average Bonchev–Trinajstić information content (AvgIpc) is 2.43. The number of hydrogen-bond donors (Lipinski definition) is 1. The zero-order chi connectivity index (χ0) is 15.0. The molecule has 0 spiro atoms. The van der Waals surface area contributed by atoms with Crippen molar-refractivity contribution in [2.24, 2.45) is 0 Å². The number of likely N-dealkylation sites (tertiary alicyclic amines) is 1. The van der Waals surface area contributed by atoms with Gasteiger partial charge in [0.25, 0.3) is 0 Å². The molecule has 1 aromatic heterocycles. The first-order valence-electron chi connectivity index (χ1n) is 7.91. The third kappa shape index (κ3) is 2.75. The first-order chi connectivity index (χ1) is 10.1. The van der Waals surface area contributed by atoms with Crippen molar-refractivity contribution < 1.29 is 0 Å². The van der Waals surface area contributed by atoms with Crippen molar-refractivity contribution >= 4 is 10.9 Å². The van der Waals surface area contributed by atoms with Crippen LogP contribution in [0, 0.1) is 20.8 Å². The first kappa shape index (κ1) is 14.3. The molecule has 0 aliphatic carbocycles. The Labute approximate surface area is 126 Å². The van der Waals surface area contributed by atoms with Gasteiger partial charge in [-0.15, -0.1) is 0 Å². The predicted octanol–water partition coefficient (Wildman–Crippen LogP) is 3.44. The number of H-pyrrole nitrogens is 1. The predicted molar refractivity (Wildman–Crippen MR) is 87.9 cm³/mol. The highest BCUT2D eigenvalue weighted by Crippen LogP contribution is 2.19. The minimum Gasteiger partial charge on any atom is -0.358 e. The first-order valence-corrected chi connectivity index (χ1v) is 7.91. The molecule has 3 rings (SSSR count). The van der Waals surface area contributed by atoms with Gasteiger partial charge >= 0.3 is 0 Å². The fourth-order valence-electron chi connectivity index (χ4n) is 3.50. The lowest BCUT2D eigenvalue weighted by Crippen LogP contribution is -2.32. The molecule has 1 aliphatic heterocycles. The summed E-state index contributed by atoms with van der Waals surface area (Å²) in [6.45, 7) is 9.14. The average molecular weight is 284 g/mol. The molecule has 2 heterocycles. The van der Waals surface area contributed by atoms with Gasteiger partial charge in [0.2, 0.25) is 0 Å². The van der Waals surface area contributed by atoms with Gasteiger partial charge in [-0.05, 0) is 63.9 Å². The number of nitrogens with zero attached hydrogens (tertiary/aromatic N) is 1. The summed E-state index contributed by atoms with van der Waals surface area (Å²) in [5.74, 6) is 0. The van der Waals surface area contributed by atoms with Crippen LogP contribution in [0.4, 0.5) is 0 Å². The molecule has 0 radical (unpaired) electrons. The van der Waals surface area contributed by atoms with Gasteiger partial charge in [0.1, 0.15) is 0 Å². The lowest BCUT2D eigenvalue weighted by atomic mass is 10.0. The Balaban J connectivity index is 2.08. The van der Waals surface area contributed by atoms with Crippen LogP contribution >= 0.6 is 0 Å². The van der Waals surface area contributed by atoms with Crippen LogP contribution in [0.25, 0.3) is 10.9 Å². The lowest BCUT2D eigenvalue weighted by molar-refractivity contribution is 0.220. The van der Waals surface area contributed by atoms with E-state index in [1.165, 1.54) is 24.8 Å². The minimum absolute atomic E-state index is 0.212. The fraction of sp³-hybridized carbons (Fsp3) is 0.500. The molecule has 112 valence electrons. The van der Waals surface area contributed by atoms with Crippen LogP contribution in [0.5, 0.6) is 0 Å². The molecule has 0 atom stereocenters. The normalized spacial score (nSPS) is 16.5. The monoisotopic (exact) mass is 284 g/mol. The van der Waals surface area contributed by atoms with Crippen molar-refractivity contribution in [2.75, 3.05) is 13.1 Å². The van der Waals surface area contributed by atoms with Crippen LogP contribution < -0.4 is 5.43 Å². The van der Waals surface area contributed by atoms with E-state index >= 15 is 0 Å². The number of rotatable bonds is 2. The van der Waals surface area contributed by atoms with Gasteiger partial charge in [0.15, 0.2) is 5.43 Å². The number of hydrogen-bond acceptors (Lipinski definition) is 2. The number of aromatic nitrogens is 1. The summed E-state index contributed by atoms with van der Waals surface area (Å²) in [4.78, 5) is 18.8. The van der Waals surface area contributed by atoms with Gasteiger partial charge in [-0.1, -0.05) is 12.5 Å². The molecule has 1 aliphatic rings. The van der Waals surface area contributed by atoms with Crippen molar-refractivity contribution in [1.29, 1.82) is 0 Å². The van der Waals surface area contributed by atoms with Crippen molar-refractivity contribution in [1.82, 2.24) is 9.88 Å². The van der Waals surface area contributed by atoms with Crippen LogP contribution in [-0.4, -0.2) is 23.0 Å². The Hall–Kier alpha value is -1.61. The molecule has 21 heavy (non-hydrogen) atoms. The zero-order valence-electron chi connectivity index (χ0n) is 13.3. The molecule has 0 bridgehead atoms. The van der Waals surface area contributed by atoms with E-state index in [1.807, 2.05) is 13.8 Å². The second kappa shape index (κ2) is 5.64. The van der Waals surface area contributed by atoms with Crippen LogP contribution in [0.2, 0.25) is 0 Å². The van der Waals surface area contributed by atoms with E-state index in [1.54, 1.807) is 0 Å². The standard InChI is InChI=1S/C18H24N2O/c1-12-9-13(2)17-16(10-12)19-14(3)15(18(17)21)11-20-7-5-4-6-8-20/h9-10H,4-8,11H2,1-3H3,(H,19,21). The van der Waals surface area contributed by atoms with Gasteiger partial charge in [-0.2, -0.15) is 0 Å². The summed E-state index contributed by atoms with van der Waals surface area (Å²) < 4.78 is 0. The molecule has 0 amide bonds. The van der Waals surface area contributed by atoms with Gasteiger partial charge in [0.05, 0.1) is 5.52 Å². The molecular formula is C18H24N2O. The Bertz CT molecular complexity index is 724. The van der Waals surface area contributed by atoms with Crippen molar-refractivity contribution in [3.8, 4) is 0 Å². The molecule has 0 unspecified atom stereocenters. The summed E-state index contributed by atoms with van der Waals surface area (Å²) in [7, 11) is 0. The lowest BCUT2D eigenvalue weighted by Gasteiger charge is -2.26. The van der Waals surface area contributed by atoms with E-state index in [4.69, 9.17) is 0 Å². The van der Waals surface area contributed by atoms with Crippen molar-refractivity contribution in [3.05, 3.63) is 44.7 Å². The Morgan fingerprint density at radius 3 is 2.52 bits per heavy atom. The van der Waals surface area contributed by atoms with E-state index in [0.29, 0.717) is 0 Å². The number of aromatic amines is 1. The second-order valence-electron chi connectivity index (χ2n) is 6.40. The summed E-state index contributed by atoms with van der Waals surface area (Å²) in [6, 6.07) is 4.17. The van der Waals surface area contributed by atoms with Crippen molar-refractivity contribution in [3.63, 3.8) is 0 Å². The van der Waals surface area contributed by atoms with Crippen LogP contribution in [0.3, 0.4) is 0 Å². The smallest absolute Gasteiger partial charge is 0.194 e. The number of pyridine rings is 1. The summed E-state index contributed by atoms with van der Waals surface area (Å²) in [6.07, 6.45) is 3.83. The molecule has 2 aromatic rings. The molecule has 1 aromatic carbocycles.